The van der Waals surface area contributed by atoms with Crippen LogP contribution in [-0.4, -0.2) is 0 Å². The summed E-state index contributed by atoms with van der Waals surface area (Å²) in [5.41, 5.74) is 1.03. The average Bonchev–Trinajstić information content (AvgIpc) is 2.32. The molecule has 0 nitrogen and oxygen atoms in total. The van der Waals surface area contributed by atoms with E-state index in [1.807, 2.05) is 13.8 Å². The molecule has 0 spiro atoms. The van der Waals surface area contributed by atoms with E-state index in [1.165, 1.54) is 0 Å². The van der Waals surface area contributed by atoms with Crippen molar-refractivity contribution in [3.63, 3.8) is 0 Å². The molecule has 0 atom stereocenters. The summed E-state index contributed by atoms with van der Waals surface area (Å²) in [5, 5.41) is 0. The molecule has 92 valence electrons. The maximum Gasteiger partial charge on any atom is 0.169 e. The van der Waals surface area contributed by atoms with Gasteiger partial charge in [0.1, 0.15) is 5.82 Å². The largest absolute Gasteiger partial charge is 0.206 e. The Balaban J connectivity index is 3.37. The highest BCUT2D eigenvalue weighted by atomic mass is 19.2. The molecule has 0 amide bonds. The monoisotopic (exact) mass is 240 g/mol. The first-order chi connectivity index (χ1) is 8.01. The van der Waals surface area contributed by atoms with E-state index in [0.29, 0.717) is 5.57 Å². The van der Waals surface area contributed by atoms with Gasteiger partial charge in [0.15, 0.2) is 11.6 Å². The third-order valence-electron chi connectivity index (χ3n) is 2.60. The maximum atomic E-state index is 13.6. The number of benzene rings is 1. The summed E-state index contributed by atoms with van der Waals surface area (Å²) in [6, 6.07) is 1.73. The quantitative estimate of drug-likeness (QED) is 0.522. The molecule has 0 saturated carbocycles. The van der Waals surface area contributed by atoms with Crippen molar-refractivity contribution in [1.82, 2.24) is 0 Å². The first-order valence-corrected chi connectivity index (χ1v) is 5.48. The van der Waals surface area contributed by atoms with Gasteiger partial charge in [-0.1, -0.05) is 24.6 Å². The number of hydrogen-bond donors (Lipinski definition) is 0. The van der Waals surface area contributed by atoms with Gasteiger partial charge in [-0.25, -0.2) is 13.2 Å². The maximum absolute atomic E-state index is 13.6. The molecular weight excluding hydrogens is 225 g/mol. The lowest BCUT2D eigenvalue weighted by molar-refractivity contribution is 0.491. The van der Waals surface area contributed by atoms with Crippen LogP contribution >= 0.6 is 0 Å². The van der Waals surface area contributed by atoms with Crippen molar-refractivity contribution in [2.45, 2.75) is 27.2 Å². The average molecular weight is 240 g/mol. The Hall–Kier alpha value is -1.51. The summed E-state index contributed by atoms with van der Waals surface area (Å²) in [6.45, 7) is 5.47. The van der Waals surface area contributed by atoms with Crippen molar-refractivity contribution in [2.75, 3.05) is 0 Å². The predicted octanol–water partition coefficient (Wildman–Crippen LogP) is 4.86. The Kier molecular flexibility index (Phi) is 4.55. The molecule has 3 heteroatoms. The van der Waals surface area contributed by atoms with Gasteiger partial charge in [0, 0.05) is 0 Å². The molecule has 0 unspecified atom stereocenters. The standard InChI is InChI=1S/C14H15F3/c1-4-9(3)8-10(5-2)13-11(15)6-7-12(16)14(13)17/h5-8H,4H2,1-3H3/b9-8-,10-5+. The number of allylic oxidation sites excluding steroid dienone is 4. The zero-order chi connectivity index (χ0) is 13.0. The third-order valence-corrected chi connectivity index (χ3v) is 2.60. The fraction of sp³-hybridized carbons (Fsp3) is 0.286. The zero-order valence-electron chi connectivity index (χ0n) is 10.2. The molecule has 0 aliphatic heterocycles. The summed E-state index contributed by atoms with van der Waals surface area (Å²) in [4.78, 5) is 0. The zero-order valence-corrected chi connectivity index (χ0v) is 10.2. The first-order valence-electron chi connectivity index (χ1n) is 5.48. The van der Waals surface area contributed by atoms with Crippen molar-refractivity contribution >= 4 is 5.57 Å². The van der Waals surface area contributed by atoms with Gasteiger partial charge in [-0.15, -0.1) is 0 Å². The van der Waals surface area contributed by atoms with E-state index in [-0.39, 0.29) is 5.56 Å². The van der Waals surface area contributed by atoms with Crippen LogP contribution in [0, 0.1) is 17.5 Å². The Morgan fingerprint density at radius 1 is 1.18 bits per heavy atom. The topological polar surface area (TPSA) is 0 Å². The lowest BCUT2D eigenvalue weighted by Gasteiger charge is -2.08. The van der Waals surface area contributed by atoms with E-state index in [4.69, 9.17) is 0 Å². The Morgan fingerprint density at radius 3 is 2.29 bits per heavy atom. The van der Waals surface area contributed by atoms with Crippen molar-refractivity contribution in [3.05, 3.63) is 52.9 Å². The van der Waals surface area contributed by atoms with E-state index in [1.54, 1.807) is 19.1 Å². The Bertz CT molecular complexity index is 471. The van der Waals surface area contributed by atoms with Crippen LogP contribution in [0.5, 0.6) is 0 Å². The highest BCUT2D eigenvalue weighted by Gasteiger charge is 2.15. The molecule has 0 heterocycles. The molecule has 0 aliphatic rings. The second kappa shape index (κ2) is 5.71. The molecule has 1 rings (SSSR count). The van der Waals surface area contributed by atoms with Gasteiger partial charge in [0.05, 0.1) is 5.56 Å². The number of hydrogen-bond acceptors (Lipinski definition) is 0. The van der Waals surface area contributed by atoms with Gasteiger partial charge >= 0.3 is 0 Å². The highest BCUT2D eigenvalue weighted by molar-refractivity contribution is 5.75. The Labute approximate surface area is 99.5 Å². The van der Waals surface area contributed by atoms with E-state index in [0.717, 1.165) is 24.1 Å². The summed E-state index contributed by atoms with van der Waals surface area (Å²) in [5.74, 6) is -2.93. The molecule has 17 heavy (non-hydrogen) atoms. The van der Waals surface area contributed by atoms with Crippen molar-refractivity contribution < 1.29 is 13.2 Å². The van der Waals surface area contributed by atoms with Gasteiger partial charge in [0.2, 0.25) is 0 Å². The van der Waals surface area contributed by atoms with Crippen LogP contribution in [0.4, 0.5) is 13.2 Å². The van der Waals surface area contributed by atoms with E-state index in [2.05, 4.69) is 0 Å². The van der Waals surface area contributed by atoms with Crippen LogP contribution < -0.4 is 0 Å². The summed E-state index contributed by atoms with van der Waals surface area (Å²) < 4.78 is 40.2. The molecular formula is C14H15F3. The fourth-order valence-electron chi connectivity index (χ4n) is 1.46. The first kappa shape index (κ1) is 13.6. The van der Waals surface area contributed by atoms with Gasteiger partial charge in [-0.05, 0) is 38.0 Å². The number of halogens is 3. The second-order valence-corrected chi connectivity index (χ2v) is 3.81. The molecule has 0 aliphatic carbocycles. The summed E-state index contributed by atoms with van der Waals surface area (Å²) in [6.07, 6.45) is 4.01. The highest BCUT2D eigenvalue weighted by Crippen LogP contribution is 2.26. The second-order valence-electron chi connectivity index (χ2n) is 3.81. The van der Waals surface area contributed by atoms with Gasteiger partial charge in [-0.2, -0.15) is 0 Å². The number of rotatable bonds is 3. The van der Waals surface area contributed by atoms with Crippen LogP contribution in [0.25, 0.3) is 5.57 Å². The normalized spacial score (nSPS) is 13.1. The van der Waals surface area contributed by atoms with Crippen molar-refractivity contribution in [1.29, 1.82) is 0 Å². The smallest absolute Gasteiger partial charge is 0.169 e. The van der Waals surface area contributed by atoms with Crippen molar-refractivity contribution in [2.24, 2.45) is 0 Å². The van der Waals surface area contributed by atoms with Crippen LogP contribution in [0.2, 0.25) is 0 Å². The lowest BCUT2D eigenvalue weighted by atomic mass is 10.0. The lowest BCUT2D eigenvalue weighted by Crippen LogP contribution is -1.97. The molecule has 1 aromatic carbocycles. The van der Waals surface area contributed by atoms with Crippen LogP contribution in [0.1, 0.15) is 32.8 Å². The molecule has 0 fully saturated rings. The van der Waals surface area contributed by atoms with Crippen LogP contribution in [0.3, 0.4) is 0 Å². The van der Waals surface area contributed by atoms with Gasteiger partial charge in [-0.3, -0.25) is 0 Å². The molecule has 0 radical (unpaired) electrons. The minimum absolute atomic E-state index is 0.305. The van der Waals surface area contributed by atoms with E-state index >= 15 is 0 Å². The van der Waals surface area contributed by atoms with Crippen LogP contribution in [-0.2, 0) is 0 Å². The predicted molar refractivity (Wildman–Crippen MR) is 64.0 cm³/mol. The van der Waals surface area contributed by atoms with Gasteiger partial charge < -0.3 is 0 Å². The van der Waals surface area contributed by atoms with Crippen molar-refractivity contribution in [3.8, 4) is 0 Å². The minimum atomic E-state index is -1.14. The summed E-state index contributed by atoms with van der Waals surface area (Å²) >= 11 is 0. The minimum Gasteiger partial charge on any atom is -0.206 e. The van der Waals surface area contributed by atoms with Crippen LogP contribution in [0.15, 0.2) is 29.9 Å². The summed E-state index contributed by atoms with van der Waals surface area (Å²) in [7, 11) is 0. The molecule has 0 aromatic heterocycles. The molecule has 0 bridgehead atoms. The van der Waals surface area contributed by atoms with E-state index < -0.39 is 17.5 Å². The fourth-order valence-corrected chi connectivity index (χ4v) is 1.46. The van der Waals surface area contributed by atoms with E-state index in [9.17, 15) is 13.2 Å². The molecule has 1 aromatic rings. The molecule has 0 saturated heterocycles. The Morgan fingerprint density at radius 2 is 1.76 bits per heavy atom. The third kappa shape index (κ3) is 2.99. The van der Waals surface area contributed by atoms with Gasteiger partial charge in [0.25, 0.3) is 0 Å². The SMILES string of the molecule is C/C=C(\C=C(\C)CC)c1c(F)ccc(F)c1F. The molecule has 0 N–H and O–H groups in total.